The summed E-state index contributed by atoms with van der Waals surface area (Å²) < 4.78 is 5.58. The van der Waals surface area contributed by atoms with Crippen LogP contribution in [0, 0.1) is 11.3 Å². The van der Waals surface area contributed by atoms with Crippen LogP contribution in [0.25, 0.3) is 0 Å². The van der Waals surface area contributed by atoms with Gasteiger partial charge in [-0.15, -0.1) is 0 Å². The quantitative estimate of drug-likeness (QED) is 0.368. The second kappa shape index (κ2) is 11.4. The normalized spacial score (nSPS) is 17.2. The van der Waals surface area contributed by atoms with E-state index < -0.39 is 5.91 Å². The molecule has 0 aliphatic carbocycles. The molecule has 40 heavy (non-hydrogen) atoms. The van der Waals surface area contributed by atoms with Crippen molar-refractivity contribution >= 4 is 57.6 Å². The predicted octanol–water partition coefficient (Wildman–Crippen LogP) is 5.27. The molecule has 1 fully saturated rings. The average molecular weight is 571 g/mol. The Morgan fingerprint density at radius 1 is 1.15 bits per heavy atom. The summed E-state index contributed by atoms with van der Waals surface area (Å²) in [6.07, 6.45) is 0. The molecule has 5 rings (SSSR count). The van der Waals surface area contributed by atoms with Crippen molar-refractivity contribution in [1.29, 1.82) is 5.26 Å². The van der Waals surface area contributed by atoms with Gasteiger partial charge in [-0.25, -0.2) is 4.99 Å². The lowest BCUT2D eigenvalue weighted by Gasteiger charge is -2.19. The van der Waals surface area contributed by atoms with Crippen molar-refractivity contribution in [3.63, 3.8) is 0 Å². The fourth-order valence-electron chi connectivity index (χ4n) is 4.49. The van der Waals surface area contributed by atoms with Gasteiger partial charge in [0.25, 0.3) is 11.8 Å². The zero-order chi connectivity index (χ0) is 28.4. The minimum absolute atomic E-state index is 0.190. The molecule has 2 aliphatic rings. The molecular weight excluding hydrogens is 544 g/mol. The minimum atomic E-state index is -0.593. The van der Waals surface area contributed by atoms with Gasteiger partial charge in [-0.05, 0) is 54.6 Å². The monoisotopic (exact) mass is 570 g/mol. The first kappa shape index (κ1) is 27.2. The molecule has 0 bridgehead atoms. The average Bonchev–Trinajstić information content (AvgIpc) is 3.45. The zero-order valence-corrected chi connectivity index (χ0v) is 23.7. The van der Waals surface area contributed by atoms with E-state index in [9.17, 15) is 14.9 Å². The molecule has 9 nitrogen and oxygen atoms in total. The summed E-state index contributed by atoms with van der Waals surface area (Å²) in [6, 6.07) is 20.6. The molecule has 11 heteroatoms. The summed E-state index contributed by atoms with van der Waals surface area (Å²) in [5.41, 5.74) is 9.30. The van der Waals surface area contributed by atoms with Crippen molar-refractivity contribution in [2.24, 2.45) is 10.7 Å². The van der Waals surface area contributed by atoms with E-state index in [0.717, 1.165) is 16.1 Å². The van der Waals surface area contributed by atoms with Crippen molar-refractivity contribution in [3.05, 3.63) is 87.3 Å². The molecule has 3 aromatic carbocycles. The smallest absolute Gasteiger partial charge is 0.269 e. The number of thioether (sulfide) groups is 2. The molecule has 0 atom stereocenters. The van der Waals surface area contributed by atoms with E-state index in [-0.39, 0.29) is 11.5 Å². The van der Waals surface area contributed by atoms with Gasteiger partial charge >= 0.3 is 0 Å². The van der Waals surface area contributed by atoms with E-state index in [4.69, 9.17) is 15.5 Å². The third kappa shape index (κ3) is 4.99. The molecule has 0 spiro atoms. The van der Waals surface area contributed by atoms with E-state index >= 15 is 0 Å². The van der Waals surface area contributed by atoms with E-state index in [1.54, 1.807) is 23.1 Å². The maximum Gasteiger partial charge on any atom is 0.269 e. The number of nitriles is 1. The predicted molar refractivity (Wildman–Crippen MR) is 160 cm³/mol. The molecule has 0 saturated carbocycles. The van der Waals surface area contributed by atoms with Crippen LogP contribution in [0.5, 0.6) is 5.75 Å². The summed E-state index contributed by atoms with van der Waals surface area (Å²) in [5, 5.41) is 14.0. The highest BCUT2D eigenvalue weighted by molar-refractivity contribution is 8.19. The van der Waals surface area contributed by atoms with Gasteiger partial charge < -0.3 is 20.7 Å². The lowest BCUT2D eigenvalue weighted by Crippen LogP contribution is -2.29. The number of anilines is 2. The Hall–Kier alpha value is -4.40. The van der Waals surface area contributed by atoms with Gasteiger partial charge in [-0.1, -0.05) is 42.1 Å². The molecule has 0 radical (unpaired) electrons. The number of nitrogens with zero attached hydrogens (tertiary/aromatic N) is 4. The molecule has 2 heterocycles. The number of ether oxygens (including phenoxy) is 1. The van der Waals surface area contributed by atoms with Crippen LogP contribution in [0.1, 0.15) is 28.4 Å². The summed E-state index contributed by atoms with van der Waals surface area (Å²) in [7, 11) is 3.32. The van der Waals surface area contributed by atoms with Crippen molar-refractivity contribution in [3.8, 4) is 11.8 Å². The fraction of sp³-hybridized carbons (Fsp3) is 0.172. The van der Waals surface area contributed by atoms with Gasteiger partial charge in [0.2, 0.25) is 0 Å². The third-order valence-corrected chi connectivity index (χ3v) is 8.78. The van der Waals surface area contributed by atoms with Gasteiger partial charge in [-0.3, -0.25) is 14.5 Å². The van der Waals surface area contributed by atoms with Crippen LogP contribution in [0.3, 0.4) is 0 Å². The summed E-state index contributed by atoms with van der Waals surface area (Å²) in [6.45, 7) is 2.98. The molecule has 1 saturated heterocycles. The molecule has 202 valence electrons. The second-order valence-corrected chi connectivity index (χ2v) is 10.9. The maximum atomic E-state index is 14.0. The molecule has 2 amide bonds. The van der Waals surface area contributed by atoms with Gasteiger partial charge in [0, 0.05) is 18.5 Å². The van der Waals surface area contributed by atoms with Crippen LogP contribution in [-0.4, -0.2) is 42.6 Å². The van der Waals surface area contributed by atoms with E-state index in [1.165, 1.54) is 30.6 Å². The summed E-state index contributed by atoms with van der Waals surface area (Å²) >= 11 is 2.70. The number of methoxy groups -OCH3 is 1. The van der Waals surface area contributed by atoms with Gasteiger partial charge in [0.15, 0.2) is 10.9 Å². The second-order valence-electron chi connectivity index (χ2n) is 8.90. The molecule has 0 aromatic heterocycles. The molecule has 3 N–H and O–H groups in total. The first-order valence-electron chi connectivity index (χ1n) is 12.4. The third-order valence-electron chi connectivity index (χ3n) is 6.36. The van der Waals surface area contributed by atoms with Gasteiger partial charge in [0.05, 0.1) is 52.9 Å². The number of hydrogen-bond acceptors (Lipinski definition) is 9. The number of nitrogens with one attached hydrogen (secondary N) is 1. The number of benzene rings is 3. The highest BCUT2D eigenvalue weighted by atomic mass is 32.2. The van der Waals surface area contributed by atoms with E-state index in [0.29, 0.717) is 50.9 Å². The highest BCUT2D eigenvalue weighted by Crippen LogP contribution is 2.54. The largest absolute Gasteiger partial charge is 0.494 e. The number of rotatable bonds is 7. The number of amides is 2. The molecule has 2 aliphatic heterocycles. The molecule has 3 aromatic rings. The van der Waals surface area contributed by atoms with Crippen LogP contribution < -0.4 is 20.7 Å². The van der Waals surface area contributed by atoms with E-state index in [2.05, 4.69) is 11.4 Å². The molecule has 0 unspecified atom stereocenters. The van der Waals surface area contributed by atoms with Crippen molar-refractivity contribution in [2.75, 3.05) is 30.9 Å². The number of aliphatic imine (C=N–C) groups is 1. The summed E-state index contributed by atoms with van der Waals surface area (Å²) in [5.74, 6) is -0.417. The zero-order valence-electron chi connectivity index (χ0n) is 22.1. The van der Waals surface area contributed by atoms with Crippen LogP contribution in [0.15, 0.2) is 80.5 Å². The number of amidine groups is 1. The lowest BCUT2D eigenvalue weighted by atomic mass is 10.1. The summed E-state index contributed by atoms with van der Waals surface area (Å²) in [4.78, 5) is 35.8. The number of hydrogen-bond donors (Lipinski definition) is 2. The Kier molecular flexibility index (Phi) is 7.73. The SMILES string of the molecule is CCNc1ccc(C#N)cc1N=C1SC(=C2Sc3ccc(C(N)=O)c(OC)c3N2C)C(=O)N1Cc1ccccc1. The van der Waals surface area contributed by atoms with Crippen molar-refractivity contribution in [1.82, 2.24) is 4.90 Å². The Morgan fingerprint density at radius 3 is 2.60 bits per heavy atom. The fourth-order valence-corrected chi connectivity index (χ4v) is 6.82. The van der Waals surface area contributed by atoms with Crippen molar-refractivity contribution < 1.29 is 14.3 Å². The topological polar surface area (TPSA) is 124 Å². The Bertz CT molecular complexity index is 1610. The van der Waals surface area contributed by atoms with Crippen LogP contribution in [-0.2, 0) is 11.3 Å². The lowest BCUT2D eigenvalue weighted by molar-refractivity contribution is -0.122. The van der Waals surface area contributed by atoms with Gasteiger partial charge in [0.1, 0.15) is 4.91 Å². The molecular formula is C29H26N6O3S2. The Labute approximate surface area is 240 Å². The van der Waals surface area contributed by atoms with Crippen molar-refractivity contribution in [2.45, 2.75) is 18.4 Å². The number of primary amides is 1. The first-order chi connectivity index (χ1) is 19.4. The van der Waals surface area contributed by atoms with Gasteiger partial charge in [-0.2, -0.15) is 5.26 Å². The minimum Gasteiger partial charge on any atom is -0.494 e. The number of carbonyl (C=O) groups excluding carboxylic acids is 2. The van der Waals surface area contributed by atoms with Crippen LogP contribution in [0.2, 0.25) is 0 Å². The Morgan fingerprint density at radius 2 is 1.93 bits per heavy atom. The van der Waals surface area contributed by atoms with Crippen LogP contribution >= 0.6 is 23.5 Å². The Balaban J connectivity index is 1.62. The maximum absolute atomic E-state index is 14.0. The number of nitrogens with two attached hydrogens (primary N) is 1. The number of fused-ring (bicyclic) bond motifs is 1. The highest BCUT2D eigenvalue weighted by Gasteiger charge is 2.40. The van der Waals surface area contributed by atoms with Crippen LogP contribution in [0.4, 0.5) is 17.1 Å². The standard InChI is InChI=1S/C29H26N6O3S2/c1-4-32-20-12-10-18(15-30)14-21(20)33-29-35(16-17-8-6-5-7-9-17)27(37)25(40-29)28-34(2)23-22(39-28)13-11-19(26(31)36)24(23)38-3/h5-14,32H,4,16H2,1-3H3,(H2,31,36). The van der Waals surface area contributed by atoms with E-state index in [1.807, 2.05) is 61.3 Å². The first-order valence-corrected chi connectivity index (χ1v) is 14.1. The number of carbonyl (C=O) groups is 2.